The van der Waals surface area contributed by atoms with Crippen LogP contribution in [0.4, 0.5) is 0 Å². The quantitative estimate of drug-likeness (QED) is 0.275. The van der Waals surface area contributed by atoms with Crippen LogP contribution in [0.15, 0.2) is 45.3 Å². The van der Waals surface area contributed by atoms with Gasteiger partial charge in [0.2, 0.25) is 0 Å². The number of furan rings is 1. The number of hydrogen-bond acceptors (Lipinski definition) is 5. The van der Waals surface area contributed by atoms with Crippen LogP contribution in [0.5, 0.6) is 0 Å². The van der Waals surface area contributed by atoms with E-state index in [0.717, 1.165) is 32.1 Å². The lowest BCUT2D eigenvalue weighted by Crippen LogP contribution is -2.44. The molecule has 1 aliphatic heterocycles. The largest absolute Gasteiger partial charge is 0.466 e. The monoisotopic (exact) mass is 532 g/mol. The Morgan fingerprint density at radius 3 is 2.93 bits per heavy atom. The van der Waals surface area contributed by atoms with E-state index in [9.17, 15) is 5.11 Å². The third kappa shape index (κ3) is 7.58. The van der Waals surface area contributed by atoms with E-state index in [-0.39, 0.29) is 30.5 Å². The van der Waals surface area contributed by atoms with Crippen molar-refractivity contribution < 1.29 is 9.52 Å². The molecule has 3 N–H and O–H groups in total. The zero-order chi connectivity index (χ0) is 19.8. The minimum atomic E-state index is -1.12. The van der Waals surface area contributed by atoms with Crippen molar-refractivity contribution in [3.05, 3.63) is 46.5 Å². The first-order valence-electron chi connectivity index (χ1n) is 10.1. The summed E-state index contributed by atoms with van der Waals surface area (Å²) in [5, 5.41) is 19.5. The third-order valence-corrected chi connectivity index (χ3v) is 5.92. The first-order valence-corrected chi connectivity index (χ1v) is 11.0. The number of halogens is 1. The highest BCUT2D eigenvalue weighted by Gasteiger charge is 2.26. The normalized spacial score (nSPS) is 20.0. The van der Waals surface area contributed by atoms with Crippen molar-refractivity contribution in [1.82, 2.24) is 15.5 Å². The second kappa shape index (κ2) is 11.9. The zero-order valence-corrected chi connectivity index (χ0v) is 20.4. The Morgan fingerprint density at radius 2 is 2.24 bits per heavy atom. The van der Waals surface area contributed by atoms with E-state index in [1.165, 1.54) is 24.3 Å². The van der Waals surface area contributed by atoms with Gasteiger partial charge in [-0.3, -0.25) is 4.90 Å². The Hall–Kier alpha value is -1.10. The lowest BCUT2D eigenvalue weighted by atomic mass is 9.98. The Morgan fingerprint density at radius 1 is 1.38 bits per heavy atom. The number of rotatable bonds is 8. The molecule has 2 aromatic heterocycles. The molecule has 0 radical (unpaired) electrons. The molecule has 1 fully saturated rings. The predicted molar refractivity (Wildman–Crippen MR) is 130 cm³/mol. The molecule has 162 valence electrons. The molecular formula is C21H33IN4O2S. The summed E-state index contributed by atoms with van der Waals surface area (Å²) in [5.41, 5.74) is -1.12. The van der Waals surface area contributed by atoms with Crippen LogP contribution in [-0.4, -0.2) is 48.7 Å². The first-order chi connectivity index (χ1) is 13.6. The average molecular weight is 532 g/mol. The van der Waals surface area contributed by atoms with Crippen LogP contribution in [0, 0.1) is 5.92 Å². The van der Waals surface area contributed by atoms with Crippen LogP contribution < -0.4 is 10.6 Å². The minimum absolute atomic E-state index is 0. The summed E-state index contributed by atoms with van der Waals surface area (Å²) in [6.45, 7) is 9.01. The maximum atomic E-state index is 10.6. The van der Waals surface area contributed by atoms with Gasteiger partial charge in [-0.05, 0) is 62.7 Å². The van der Waals surface area contributed by atoms with Crippen molar-refractivity contribution in [3.63, 3.8) is 0 Å². The molecule has 1 saturated heterocycles. The topological polar surface area (TPSA) is 73.0 Å². The third-order valence-electron chi connectivity index (χ3n) is 5.06. The molecule has 3 rings (SSSR count). The fourth-order valence-electron chi connectivity index (χ4n) is 3.56. The van der Waals surface area contributed by atoms with Crippen LogP contribution in [-0.2, 0) is 12.1 Å². The molecule has 0 amide bonds. The molecule has 6 nitrogen and oxygen atoms in total. The van der Waals surface area contributed by atoms with E-state index in [2.05, 4.69) is 38.0 Å². The molecule has 0 aliphatic carbocycles. The van der Waals surface area contributed by atoms with Gasteiger partial charge in [0.1, 0.15) is 11.4 Å². The first kappa shape index (κ1) is 24.2. The summed E-state index contributed by atoms with van der Waals surface area (Å²) in [5.74, 6) is 1.87. The molecular weight excluding hydrogens is 499 g/mol. The van der Waals surface area contributed by atoms with Gasteiger partial charge in [-0.1, -0.05) is 6.07 Å². The predicted octanol–water partition coefficient (Wildman–Crippen LogP) is 3.63. The number of aliphatic imine (C=N–C) groups is 1. The van der Waals surface area contributed by atoms with Crippen LogP contribution in [0.3, 0.4) is 0 Å². The summed E-state index contributed by atoms with van der Waals surface area (Å²) in [6.07, 6.45) is 4.04. The fraction of sp³-hybridized carbons (Fsp3) is 0.571. The average Bonchev–Trinajstić information content (AvgIpc) is 3.39. The zero-order valence-electron chi connectivity index (χ0n) is 17.3. The number of nitrogens with zero attached hydrogens (tertiary/aromatic N) is 2. The number of aliphatic hydroxyl groups is 1. The minimum Gasteiger partial charge on any atom is -0.466 e. The lowest BCUT2D eigenvalue weighted by molar-refractivity contribution is 0.0437. The Bertz CT molecular complexity index is 719. The molecule has 2 aromatic rings. The van der Waals surface area contributed by atoms with Crippen molar-refractivity contribution in [2.24, 2.45) is 10.9 Å². The van der Waals surface area contributed by atoms with Gasteiger partial charge < -0.3 is 20.2 Å². The maximum Gasteiger partial charge on any atom is 0.191 e. The van der Waals surface area contributed by atoms with E-state index >= 15 is 0 Å². The van der Waals surface area contributed by atoms with E-state index in [4.69, 9.17) is 4.42 Å². The van der Waals surface area contributed by atoms with E-state index in [1.807, 2.05) is 18.3 Å². The van der Waals surface area contributed by atoms with Gasteiger partial charge in [0.15, 0.2) is 5.96 Å². The van der Waals surface area contributed by atoms with Gasteiger partial charge in [0.05, 0.1) is 12.8 Å². The van der Waals surface area contributed by atoms with Crippen LogP contribution >= 0.6 is 35.3 Å². The Kier molecular flexibility index (Phi) is 9.94. The van der Waals surface area contributed by atoms with Crippen LogP contribution in [0.2, 0.25) is 0 Å². The molecule has 3 heterocycles. The second-order valence-corrected chi connectivity index (χ2v) is 8.68. The summed E-state index contributed by atoms with van der Waals surface area (Å²) in [6, 6.07) is 7.90. The number of likely N-dealkylation sites (tertiary alicyclic amines) is 1. The van der Waals surface area contributed by atoms with Crippen molar-refractivity contribution in [2.75, 3.05) is 32.7 Å². The number of thiophene rings is 1. The Labute approximate surface area is 194 Å². The number of guanidine groups is 1. The number of hydrogen-bond donors (Lipinski definition) is 3. The maximum absolute atomic E-state index is 10.6. The summed E-state index contributed by atoms with van der Waals surface area (Å²) < 4.78 is 5.34. The highest BCUT2D eigenvalue weighted by molar-refractivity contribution is 14.0. The molecule has 1 aliphatic rings. The summed E-state index contributed by atoms with van der Waals surface area (Å²) in [4.78, 5) is 8.56. The fourth-order valence-corrected chi connectivity index (χ4v) is 4.31. The van der Waals surface area contributed by atoms with Gasteiger partial charge in [-0.25, -0.2) is 4.99 Å². The molecule has 0 spiro atoms. The number of nitrogens with one attached hydrogen (secondary N) is 2. The SMILES string of the molecule is CCNC(=NCC(C)(O)c1ccco1)NCC1CCCN(Cc2cccs2)C1.I. The highest BCUT2D eigenvalue weighted by Crippen LogP contribution is 2.22. The van der Waals surface area contributed by atoms with Gasteiger partial charge in [-0.15, -0.1) is 35.3 Å². The standard InChI is InChI=1S/C21H32N4O2S.HI/c1-3-22-20(24-16-21(2,26)19-9-5-11-27-19)23-13-17-7-4-10-25(14-17)15-18-8-6-12-28-18;/h5-6,8-9,11-12,17,26H,3-4,7,10,13-16H2,1-2H3,(H2,22,23,24);1H. The van der Waals surface area contributed by atoms with Crippen LogP contribution in [0.25, 0.3) is 0 Å². The molecule has 0 aromatic carbocycles. The van der Waals surface area contributed by atoms with Crippen molar-refractivity contribution in [3.8, 4) is 0 Å². The van der Waals surface area contributed by atoms with Gasteiger partial charge >= 0.3 is 0 Å². The summed E-state index contributed by atoms with van der Waals surface area (Å²) in [7, 11) is 0. The van der Waals surface area contributed by atoms with Gasteiger partial charge in [-0.2, -0.15) is 0 Å². The van der Waals surface area contributed by atoms with Crippen molar-refractivity contribution >= 4 is 41.3 Å². The van der Waals surface area contributed by atoms with Crippen LogP contribution in [0.1, 0.15) is 37.3 Å². The summed E-state index contributed by atoms with van der Waals surface area (Å²) >= 11 is 1.83. The van der Waals surface area contributed by atoms with E-state index < -0.39 is 5.60 Å². The number of piperidine rings is 1. The van der Waals surface area contributed by atoms with Crippen molar-refractivity contribution in [1.29, 1.82) is 0 Å². The molecule has 8 heteroatoms. The molecule has 0 bridgehead atoms. The van der Waals surface area contributed by atoms with E-state index in [0.29, 0.717) is 11.7 Å². The van der Waals surface area contributed by atoms with Gasteiger partial charge in [0, 0.05) is 31.1 Å². The molecule has 2 atom stereocenters. The second-order valence-electron chi connectivity index (χ2n) is 7.65. The van der Waals surface area contributed by atoms with E-state index in [1.54, 1.807) is 25.3 Å². The molecule has 2 unspecified atom stereocenters. The Balaban J connectivity index is 0.00000300. The van der Waals surface area contributed by atoms with Gasteiger partial charge in [0.25, 0.3) is 0 Å². The highest BCUT2D eigenvalue weighted by atomic mass is 127. The molecule has 29 heavy (non-hydrogen) atoms. The molecule has 0 saturated carbocycles. The van der Waals surface area contributed by atoms with Crippen molar-refractivity contribution in [2.45, 2.75) is 38.8 Å². The smallest absolute Gasteiger partial charge is 0.191 e. The lowest BCUT2D eigenvalue weighted by Gasteiger charge is -2.32.